The molecular formula is C22H15Cl2N5O2. The Bertz CT molecular complexity index is 1240. The van der Waals surface area contributed by atoms with Gasteiger partial charge in [-0.25, -0.2) is 4.98 Å². The molecule has 0 bridgehead atoms. The highest BCUT2D eigenvalue weighted by Crippen LogP contribution is 2.22. The zero-order valence-electron chi connectivity index (χ0n) is 15.9. The lowest BCUT2D eigenvalue weighted by Crippen LogP contribution is -2.16. The van der Waals surface area contributed by atoms with Gasteiger partial charge in [0.25, 0.3) is 11.8 Å². The number of carbonyl (C=O) groups is 2. The van der Waals surface area contributed by atoms with Gasteiger partial charge in [-0.1, -0.05) is 29.3 Å². The molecule has 3 N–H and O–H groups in total. The molecule has 2 heterocycles. The maximum atomic E-state index is 12.7. The van der Waals surface area contributed by atoms with E-state index >= 15 is 0 Å². The maximum Gasteiger partial charge on any atom is 0.257 e. The van der Waals surface area contributed by atoms with Crippen molar-refractivity contribution < 1.29 is 9.59 Å². The van der Waals surface area contributed by atoms with Crippen LogP contribution in [0.5, 0.6) is 0 Å². The summed E-state index contributed by atoms with van der Waals surface area (Å²) in [6, 6.07) is 14.7. The summed E-state index contributed by atoms with van der Waals surface area (Å²) in [7, 11) is 0. The highest BCUT2D eigenvalue weighted by atomic mass is 35.5. The van der Waals surface area contributed by atoms with Crippen molar-refractivity contribution in [1.29, 1.82) is 0 Å². The van der Waals surface area contributed by atoms with Crippen LogP contribution in [0.1, 0.15) is 20.7 Å². The largest absolute Gasteiger partial charge is 0.343 e. The van der Waals surface area contributed by atoms with E-state index in [4.69, 9.17) is 23.2 Å². The minimum Gasteiger partial charge on any atom is -0.343 e. The zero-order valence-corrected chi connectivity index (χ0v) is 17.4. The molecule has 7 nitrogen and oxygen atoms in total. The molecule has 31 heavy (non-hydrogen) atoms. The summed E-state index contributed by atoms with van der Waals surface area (Å²) in [5.74, 6) is -0.230. The number of benzene rings is 2. The Hall–Kier alpha value is -3.68. The zero-order chi connectivity index (χ0) is 21.8. The summed E-state index contributed by atoms with van der Waals surface area (Å²) in [6.45, 7) is 0. The van der Waals surface area contributed by atoms with Crippen molar-refractivity contribution in [2.45, 2.75) is 0 Å². The lowest BCUT2D eigenvalue weighted by Gasteiger charge is -2.10. The highest BCUT2D eigenvalue weighted by molar-refractivity contribution is 6.34. The molecule has 0 unspecified atom stereocenters. The average Bonchev–Trinajstić information content (AvgIpc) is 3.29. The van der Waals surface area contributed by atoms with Gasteiger partial charge in [0.2, 0.25) is 0 Å². The Labute approximate surface area is 187 Å². The molecule has 2 aromatic carbocycles. The fourth-order valence-corrected chi connectivity index (χ4v) is 3.22. The summed E-state index contributed by atoms with van der Waals surface area (Å²) in [5, 5.41) is 6.19. The third kappa shape index (κ3) is 4.91. The molecule has 0 atom stereocenters. The molecule has 2 aromatic heterocycles. The predicted molar refractivity (Wildman–Crippen MR) is 121 cm³/mol. The van der Waals surface area contributed by atoms with Gasteiger partial charge in [-0.3, -0.25) is 14.6 Å². The van der Waals surface area contributed by atoms with Gasteiger partial charge in [-0.2, -0.15) is 0 Å². The number of H-pyrrole nitrogens is 1. The second kappa shape index (κ2) is 8.99. The van der Waals surface area contributed by atoms with Gasteiger partial charge in [-0.05, 0) is 48.5 Å². The van der Waals surface area contributed by atoms with Crippen LogP contribution in [0.3, 0.4) is 0 Å². The van der Waals surface area contributed by atoms with Gasteiger partial charge in [0.1, 0.15) is 5.69 Å². The van der Waals surface area contributed by atoms with Crippen LogP contribution in [0, 0.1) is 0 Å². The van der Waals surface area contributed by atoms with Gasteiger partial charge in [0, 0.05) is 28.7 Å². The van der Waals surface area contributed by atoms with Crippen LogP contribution < -0.4 is 10.6 Å². The maximum absolute atomic E-state index is 12.7. The van der Waals surface area contributed by atoms with E-state index in [0.717, 1.165) is 0 Å². The fraction of sp³-hybridized carbons (Fsp3) is 0. The number of aromatic nitrogens is 3. The average molecular weight is 452 g/mol. The number of rotatable bonds is 5. The Morgan fingerprint density at radius 3 is 2.42 bits per heavy atom. The summed E-state index contributed by atoms with van der Waals surface area (Å²) in [4.78, 5) is 36.7. The van der Waals surface area contributed by atoms with E-state index < -0.39 is 11.8 Å². The summed E-state index contributed by atoms with van der Waals surface area (Å²) >= 11 is 12.1. The molecule has 4 aromatic rings. The number of aromatic amines is 1. The molecule has 4 rings (SSSR count). The van der Waals surface area contributed by atoms with Crippen LogP contribution in [-0.4, -0.2) is 26.8 Å². The number of hydrogen-bond acceptors (Lipinski definition) is 4. The molecule has 0 aliphatic rings. The standard InChI is InChI=1S/C22H15Cl2N5O2/c23-14-2-1-3-15(11-14)28-21(30)13-4-6-18(24)17(10-13)22(31)29-16-5-7-19(27-12-16)20-25-8-9-26-20/h1-12H,(H,25,26)(H,28,30)(H,29,31). The van der Waals surface area contributed by atoms with Gasteiger partial charge in [-0.15, -0.1) is 0 Å². The number of halogens is 2. The van der Waals surface area contributed by atoms with Crippen LogP contribution in [-0.2, 0) is 0 Å². The van der Waals surface area contributed by atoms with Crippen molar-refractivity contribution in [2.75, 3.05) is 10.6 Å². The van der Waals surface area contributed by atoms with Gasteiger partial charge >= 0.3 is 0 Å². The SMILES string of the molecule is O=C(Nc1cccc(Cl)c1)c1ccc(Cl)c(C(=O)Nc2ccc(-c3ncc[nH]3)nc2)c1. The van der Waals surface area contributed by atoms with Gasteiger partial charge in [0.05, 0.1) is 22.5 Å². The number of amides is 2. The van der Waals surface area contributed by atoms with Crippen molar-refractivity contribution >= 4 is 46.4 Å². The van der Waals surface area contributed by atoms with E-state index in [0.29, 0.717) is 27.9 Å². The monoisotopic (exact) mass is 451 g/mol. The third-order valence-electron chi connectivity index (χ3n) is 4.32. The number of anilines is 2. The number of pyridine rings is 1. The smallest absolute Gasteiger partial charge is 0.257 e. The molecule has 0 aliphatic heterocycles. The minimum atomic E-state index is -0.463. The second-order valence-electron chi connectivity index (χ2n) is 6.48. The first-order chi connectivity index (χ1) is 15.0. The molecule has 0 spiro atoms. The van der Waals surface area contributed by atoms with Crippen molar-refractivity contribution in [1.82, 2.24) is 15.0 Å². The summed E-state index contributed by atoms with van der Waals surface area (Å²) in [5.41, 5.74) is 2.10. The van der Waals surface area contributed by atoms with Crippen molar-refractivity contribution in [3.05, 3.63) is 94.4 Å². The first kappa shape index (κ1) is 20.6. The lowest BCUT2D eigenvalue weighted by atomic mass is 10.1. The lowest BCUT2D eigenvalue weighted by molar-refractivity contribution is 0.102. The first-order valence-corrected chi connectivity index (χ1v) is 9.89. The molecule has 0 saturated heterocycles. The number of nitrogens with zero attached hydrogens (tertiary/aromatic N) is 2. The van der Waals surface area contributed by atoms with Crippen molar-refractivity contribution in [2.24, 2.45) is 0 Å². The Morgan fingerprint density at radius 1 is 0.871 bits per heavy atom. The number of imidazole rings is 1. The van der Waals surface area contributed by atoms with E-state index in [1.807, 2.05) is 0 Å². The fourth-order valence-electron chi connectivity index (χ4n) is 2.82. The highest BCUT2D eigenvalue weighted by Gasteiger charge is 2.15. The first-order valence-electron chi connectivity index (χ1n) is 9.13. The van der Waals surface area contributed by atoms with E-state index in [-0.39, 0.29) is 16.1 Å². The topological polar surface area (TPSA) is 99.8 Å². The van der Waals surface area contributed by atoms with Gasteiger partial charge < -0.3 is 15.6 Å². The molecule has 0 radical (unpaired) electrons. The number of hydrogen-bond donors (Lipinski definition) is 3. The Morgan fingerprint density at radius 2 is 1.71 bits per heavy atom. The molecule has 0 aliphatic carbocycles. The second-order valence-corrected chi connectivity index (χ2v) is 7.33. The molecular weight excluding hydrogens is 437 g/mol. The van der Waals surface area contributed by atoms with Crippen molar-refractivity contribution in [3.63, 3.8) is 0 Å². The van der Waals surface area contributed by atoms with Crippen LogP contribution >= 0.6 is 23.2 Å². The quantitative estimate of drug-likeness (QED) is 0.384. The van der Waals surface area contributed by atoms with Gasteiger partial charge in [0.15, 0.2) is 5.82 Å². The van der Waals surface area contributed by atoms with E-state index in [9.17, 15) is 9.59 Å². The summed E-state index contributed by atoms with van der Waals surface area (Å²) < 4.78 is 0. The molecule has 0 saturated carbocycles. The predicted octanol–water partition coefficient (Wildman–Crippen LogP) is 5.28. The van der Waals surface area contributed by atoms with Crippen molar-refractivity contribution in [3.8, 4) is 11.5 Å². The van der Waals surface area contributed by atoms with Crippen LogP contribution in [0.2, 0.25) is 10.0 Å². The molecule has 154 valence electrons. The van der Waals surface area contributed by atoms with E-state index in [1.165, 1.54) is 18.3 Å². The number of nitrogens with one attached hydrogen (secondary N) is 3. The normalized spacial score (nSPS) is 10.5. The number of carbonyl (C=O) groups excluding carboxylic acids is 2. The molecule has 0 fully saturated rings. The third-order valence-corrected chi connectivity index (χ3v) is 4.88. The Kier molecular flexibility index (Phi) is 5.97. The molecule has 9 heteroatoms. The molecule has 2 amide bonds. The minimum absolute atomic E-state index is 0.163. The van der Waals surface area contributed by atoms with Crippen LogP contribution in [0.25, 0.3) is 11.5 Å². The Balaban J connectivity index is 1.49. The summed E-state index contributed by atoms with van der Waals surface area (Å²) in [6.07, 6.45) is 4.84. The van der Waals surface area contributed by atoms with Crippen LogP contribution in [0.15, 0.2) is 73.2 Å². The van der Waals surface area contributed by atoms with E-state index in [1.54, 1.807) is 54.9 Å². The van der Waals surface area contributed by atoms with Crippen LogP contribution in [0.4, 0.5) is 11.4 Å². The van der Waals surface area contributed by atoms with E-state index in [2.05, 4.69) is 25.6 Å².